The van der Waals surface area contributed by atoms with Gasteiger partial charge in [0.25, 0.3) is 0 Å². The van der Waals surface area contributed by atoms with Crippen LogP contribution in [0.1, 0.15) is 80.1 Å². The third kappa shape index (κ3) is 7.64. The van der Waals surface area contributed by atoms with Crippen LogP contribution in [0.5, 0.6) is 0 Å². The van der Waals surface area contributed by atoms with Crippen LogP contribution in [-0.4, -0.2) is 16.1 Å². The average Bonchev–Trinajstić information content (AvgIpc) is 2.80. The first-order valence-electron chi connectivity index (χ1n) is 14.0. The largest absolute Gasteiger partial charge is 0.0867 e. The van der Waals surface area contributed by atoms with E-state index in [2.05, 4.69) is 90.1 Å². The lowest BCUT2D eigenvalue weighted by atomic mass is 10.3. The summed E-state index contributed by atoms with van der Waals surface area (Å²) < 4.78 is 0. The van der Waals surface area contributed by atoms with E-state index in [9.17, 15) is 0 Å². The molecule has 2 aromatic carbocycles. The summed E-state index contributed by atoms with van der Waals surface area (Å²) in [6, 6.07) is 28.5. The van der Waals surface area contributed by atoms with Gasteiger partial charge in [0.15, 0.2) is 0 Å². The summed E-state index contributed by atoms with van der Waals surface area (Å²) in [6.45, 7) is 14.4. The zero-order valence-electron chi connectivity index (χ0n) is 22.6. The first-order chi connectivity index (χ1) is 16.0. The summed E-state index contributed by atoms with van der Waals surface area (Å²) >= 11 is 0. The second-order valence-electron chi connectivity index (χ2n) is 10.3. The number of hydrogen-bond acceptors (Lipinski definition) is 0. The Balaban J connectivity index is 2.38. The molecule has 0 saturated carbocycles. The Hall–Kier alpha value is -0.696. The van der Waals surface area contributed by atoms with Crippen LogP contribution in [0.2, 0.25) is 36.3 Å². The van der Waals surface area contributed by atoms with Crippen LogP contribution in [0.15, 0.2) is 48.5 Å². The van der Waals surface area contributed by atoms with Gasteiger partial charge < -0.3 is 0 Å². The molecule has 0 unspecified atom stereocenters. The van der Waals surface area contributed by atoms with Gasteiger partial charge in [-0.05, 0) is 10.6 Å². The minimum atomic E-state index is -1.38. The van der Waals surface area contributed by atoms with E-state index in [0.29, 0.717) is 0 Å². The highest BCUT2D eigenvalue weighted by Crippen LogP contribution is 2.28. The van der Waals surface area contributed by atoms with Crippen LogP contribution in [0.25, 0.3) is 0 Å². The van der Waals surface area contributed by atoms with Crippen molar-refractivity contribution in [1.29, 1.82) is 0 Å². The average molecular weight is 499 g/mol. The van der Waals surface area contributed by atoms with Gasteiger partial charge in [-0.1, -0.05) is 184 Å². The standard InChI is InChI=1S/C30H51PSi2/c1-7-19-32(20-8-2,21-9-3)29-17-13-15-27(25-29)31-28-16-14-18-30(26-28)33(22-10-4,23-11-5)24-12-6/h13-18,25-26,31H,7-12,19-24H2,1-6H3. The van der Waals surface area contributed by atoms with Gasteiger partial charge in [-0.3, -0.25) is 0 Å². The van der Waals surface area contributed by atoms with Crippen molar-refractivity contribution < 1.29 is 0 Å². The van der Waals surface area contributed by atoms with E-state index in [1.54, 1.807) is 21.0 Å². The van der Waals surface area contributed by atoms with Crippen molar-refractivity contribution >= 4 is 45.7 Å². The van der Waals surface area contributed by atoms with E-state index in [-0.39, 0.29) is 0 Å². The molecule has 0 bridgehead atoms. The summed E-state index contributed by atoms with van der Waals surface area (Å²) in [5.74, 6) is 0. The van der Waals surface area contributed by atoms with Crippen molar-refractivity contribution in [2.24, 2.45) is 0 Å². The second-order valence-corrected chi connectivity index (χ2v) is 21.0. The van der Waals surface area contributed by atoms with Gasteiger partial charge in [-0.25, -0.2) is 0 Å². The maximum atomic E-state index is 2.63. The third-order valence-corrected chi connectivity index (χ3v) is 20.6. The molecule has 0 amide bonds. The first-order valence-corrected chi connectivity index (χ1v) is 20.2. The Bertz CT molecular complexity index is 715. The molecule has 0 nitrogen and oxygen atoms in total. The molecule has 0 aliphatic rings. The summed E-state index contributed by atoms with van der Waals surface area (Å²) in [6.07, 6.45) is 8.00. The number of benzene rings is 2. The van der Waals surface area contributed by atoms with Crippen LogP contribution in [0, 0.1) is 0 Å². The van der Waals surface area contributed by atoms with Crippen LogP contribution in [0.3, 0.4) is 0 Å². The lowest BCUT2D eigenvalue weighted by molar-refractivity contribution is 0.937. The summed E-state index contributed by atoms with van der Waals surface area (Å²) in [4.78, 5) is 0. The van der Waals surface area contributed by atoms with Crippen LogP contribution < -0.4 is 21.0 Å². The lowest BCUT2D eigenvalue weighted by Crippen LogP contribution is -2.48. The highest BCUT2D eigenvalue weighted by molar-refractivity contribution is 7.55. The molecule has 0 aliphatic heterocycles. The summed E-state index contributed by atoms with van der Waals surface area (Å²) in [5.41, 5.74) is 0. The van der Waals surface area contributed by atoms with E-state index in [4.69, 9.17) is 0 Å². The summed E-state index contributed by atoms with van der Waals surface area (Å²) in [5, 5.41) is 6.58. The molecule has 2 rings (SSSR count). The molecular weight excluding hydrogens is 447 g/mol. The van der Waals surface area contributed by atoms with Crippen LogP contribution in [-0.2, 0) is 0 Å². The van der Waals surface area contributed by atoms with Crippen molar-refractivity contribution in [3.8, 4) is 0 Å². The molecule has 0 heterocycles. The first kappa shape index (κ1) is 28.5. The molecule has 0 N–H and O–H groups in total. The Morgan fingerprint density at radius 3 is 1.06 bits per heavy atom. The molecule has 0 spiro atoms. The lowest BCUT2D eigenvalue weighted by Gasteiger charge is -2.33. The molecule has 3 heteroatoms. The zero-order valence-corrected chi connectivity index (χ0v) is 25.6. The van der Waals surface area contributed by atoms with E-state index in [1.165, 1.54) is 74.8 Å². The van der Waals surface area contributed by atoms with Crippen LogP contribution >= 0.6 is 8.58 Å². The van der Waals surface area contributed by atoms with Crippen molar-refractivity contribution in [3.63, 3.8) is 0 Å². The Morgan fingerprint density at radius 2 is 0.788 bits per heavy atom. The van der Waals surface area contributed by atoms with Crippen molar-refractivity contribution in [1.82, 2.24) is 0 Å². The zero-order chi connectivity index (χ0) is 24.2. The maximum absolute atomic E-state index is 2.63. The van der Waals surface area contributed by atoms with Crippen LogP contribution in [0.4, 0.5) is 0 Å². The molecule has 0 radical (unpaired) electrons. The minimum Gasteiger partial charge on any atom is -0.0656 e. The Morgan fingerprint density at radius 1 is 0.485 bits per heavy atom. The monoisotopic (exact) mass is 498 g/mol. The maximum Gasteiger partial charge on any atom is 0.0867 e. The van der Waals surface area contributed by atoms with Gasteiger partial charge in [-0.2, -0.15) is 0 Å². The predicted octanol–water partition coefficient (Wildman–Crippen LogP) is 8.09. The minimum absolute atomic E-state index is 0.785. The van der Waals surface area contributed by atoms with Gasteiger partial charge >= 0.3 is 0 Å². The quantitative estimate of drug-likeness (QED) is 0.162. The molecule has 0 atom stereocenters. The normalized spacial score (nSPS) is 12.3. The van der Waals surface area contributed by atoms with E-state index in [1.807, 2.05) is 0 Å². The number of hydrogen-bond donors (Lipinski definition) is 0. The Kier molecular flexibility index (Phi) is 12.7. The second kappa shape index (κ2) is 14.6. The van der Waals surface area contributed by atoms with Gasteiger partial charge in [0.05, 0.1) is 16.1 Å². The van der Waals surface area contributed by atoms with Gasteiger partial charge in [0.2, 0.25) is 0 Å². The van der Waals surface area contributed by atoms with Crippen molar-refractivity contribution in [2.75, 3.05) is 0 Å². The smallest absolute Gasteiger partial charge is 0.0656 e. The highest BCUT2D eigenvalue weighted by Gasteiger charge is 2.33. The van der Waals surface area contributed by atoms with E-state index in [0.717, 1.165) is 8.58 Å². The molecular formula is C30H51PSi2. The highest BCUT2D eigenvalue weighted by atomic mass is 31.1. The fourth-order valence-corrected chi connectivity index (χ4v) is 18.7. The molecule has 0 aromatic heterocycles. The van der Waals surface area contributed by atoms with Gasteiger partial charge in [0.1, 0.15) is 0 Å². The molecule has 33 heavy (non-hydrogen) atoms. The topological polar surface area (TPSA) is 0 Å². The SMILES string of the molecule is CCC[Si](CCC)(CCC)c1cccc(Pc2cccc([Si](CCC)(CCC)CCC)c2)c1. The third-order valence-electron chi connectivity index (χ3n) is 7.61. The predicted molar refractivity (Wildman–Crippen MR) is 162 cm³/mol. The van der Waals surface area contributed by atoms with E-state index < -0.39 is 16.1 Å². The molecule has 0 saturated heterocycles. The molecule has 0 aliphatic carbocycles. The molecule has 0 fully saturated rings. The molecule has 2 aromatic rings. The van der Waals surface area contributed by atoms with Crippen molar-refractivity contribution in [2.45, 2.75) is 116 Å². The fraction of sp³-hybridized carbons (Fsp3) is 0.600. The van der Waals surface area contributed by atoms with Gasteiger partial charge in [-0.15, -0.1) is 0 Å². The van der Waals surface area contributed by atoms with Gasteiger partial charge in [0, 0.05) is 0 Å². The van der Waals surface area contributed by atoms with E-state index >= 15 is 0 Å². The Labute approximate surface area is 210 Å². The fourth-order valence-electron chi connectivity index (χ4n) is 6.51. The number of rotatable bonds is 16. The van der Waals surface area contributed by atoms with Crippen molar-refractivity contribution in [3.05, 3.63) is 48.5 Å². The molecule has 184 valence electrons. The summed E-state index contributed by atoms with van der Waals surface area (Å²) in [7, 11) is -1.98.